The lowest BCUT2D eigenvalue weighted by atomic mass is 10.0. The molecule has 8 amide bonds. The number of rotatable bonds is 15. The fraction of sp³-hybridized carbons (Fsp3) is 0.575. The third-order valence-corrected chi connectivity index (χ3v) is 13.5. The number of thioether (sulfide) groups is 1. The first-order valence-electron chi connectivity index (χ1n) is 21.3. The molecule has 26 heteroatoms. The SMILES string of the molecule is CCC(=O)C1NC(=O)[C@H](Cc2ccccc2)NC(=O)[C@@H]2CSSC[C@H](NC(=O)[C@H](CCCCNC)NC(=O)CS1)C(=O)N[C@@H](CCCNC(=N)N)C(=O)NCC(=O)N[C@@H](CC(=O)O)C(=O)N2. The molecule has 66 heavy (non-hydrogen) atoms. The highest BCUT2D eigenvalue weighted by Gasteiger charge is 2.35. The summed E-state index contributed by atoms with van der Waals surface area (Å²) in [7, 11) is 3.72. The molecule has 3 rings (SSSR count). The van der Waals surface area contributed by atoms with Gasteiger partial charge in [0.2, 0.25) is 47.3 Å². The van der Waals surface area contributed by atoms with E-state index in [2.05, 4.69) is 53.2 Å². The number of ketones is 1. The van der Waals surface area contributed by atoms with Gasteiger partial charge in [0.1, 0.15) is 41.6 Å². The van der Waals surface area contributed by atoms with Crippen LogP contribution in [0.3, 0.4) is 0 Å². The Labute approximate surface area is 394 Å². The summed E-state index contributed by atoms with van der Waals surface area (Å²) in [6.45, 7) is 1.52. The molecule has 2 bridgehead atoms. The average molecular weight is 981 g/mol. The standard InChI is InChI=1S/C40H60N12O11S3/c1-3-29(53)39-52-36(61)25(16-22-10-5-4-6-11-22)49-38(63)28-20-66-65-19-27(50-34(59)24(12-7-8-14-43-2)46-31(55)21-64-39)37(62)48-23(13-9-15-44-40(41)42)33(58)45-18-30(54)47-26(17-32(56)57)35(60)51-28/h4-6,10-11,23-28,39,43H,3,7-9,12-21H2,1-2H3,(H,45,58)(H,46,55)(H,47,54)(H,48,62)(H,49,63)(H,50,59)(H,51,60)(H,52,61)(H,56,57)(H4,41,42,44)/t23-,24-,25-,26-,27-,28-,39?/m0/s1. The Morgan fingerprint density at radius 1 is 0.712 bits per heavy atom. The number of hydrogen-bond acceptors (Lipinski definition) is 15. The summed E-state index contributed by atoms with van der Waals surface area (Å²) < 4.78 is 0. The van der Waals surface area contributed by atoms with E-state index in [1.165, 1.54) is 0 Å². The van der Waals surface area contributed by atoms with Gasteiger partial charge in [0, 0.05) is 30.9 Å². The van der Waals surface area contributed by atoms with E-state index in [0.717, 1.165) is 33.3 Å². The minimum absolute atomic E-state index is 0.0376. The number of unbranched alkanes of at least 4 members (excludes halogenated alkanes) is 1. The molecule has 7 atom stereocenters. The largest absolute Gasteiger partial charge is 0.481 e. The van der Waals surface area contributed by atoms with Gasteiger partial charge >= 0.3 is 5.97 Å². The third-order valence-electron chi connectivity index (χ3n) is 9.92. The van der Waals surface area contributed by atoms with E-state index in [9.17, 15) is 53.1 Å². The Morgan fingerprint density at radius 3 is 1.89 bits per heavy atom. The van der Waals surface area contributed by atoms with Gasteiger partial charge in [-0.05, 0) is 51.3 Å². The average Bonchev–Trinajstić information content (AvgIpc) is 3.27. The van der Waals surface area contributed by atoms with E-state index < -0.39 is 114 Å². The Balaban J connectivity index is 2.15. The normalized spacial score (nSPS) is 24.6. The Bertz CT molecular complexity index is 1900. The molecule has 2 fully saturated rings. The van der Waals surface area contributed by atoms with E-state index in [4.69, 9.17) is 11.1 Å². The summed E-state index contributed by atoms with van der Waals surface area (Å²) in [4.78, 5) is 136. The topological polar surface area (TPSA) is 361 Å². The quantitative estimate of drug-likeness (QED) is 0.0359. The first-order chi connectivity index (χ1) is 31.5. The number of nitrogens with one attached hydrogen (secondary N) is 11. The number of aliphatic carboxylic acids is 1. The predicted octanol–water partition coefficient (Wildman–Crippen LogP) is -3.06. The molecule has 1 aromatic carbocycles. The smallest absolute Gasteiger partial charge is 0.305 e. The van der Waals surface area contributed by atoms with Crippen molar-refractivity contribution in [1.82, 2.24) is 53.2 Å². The number of fused-ring (bicyclic) bond motifs is 5. The second kappa shape index (κ2) is 29.1. The van der Waals surface area contributed by atoms with Crippen molar-refractivity contribution in [2.45, 2.75) is 99.9 Å². The molecule has 0 aliphatic carbocycles. The fourth-order valence-electron chi connectivity index (χ4n) is 6.41. The van der Waals surface area contributed by atoms with Crippen LogP contribution >= 0.6 is 33.3 Å². The van der Waals surface area contributed by atoms with Gasteiger partial charge in [-0.1, -0.05) is 58.8 Å². The summed E-state index contributed by atoms with van der Waals surface area (Å²) in [5.74, 6) is -9.99. The minimum atomic E-state index is -1.75. The van der Waals surface area contributed by atoms with Gasteiger partial charge in [-0.25, -0.2) is 0 Å². The highest BCUT2D eigenvalue weighted by Crippen LogP contribution is 2.24. The maximum atomic E-state index is 14.2. The van der Waals surface area contributed by atoms with Gasteiger partial charge in [0.15, 0.2) is 11.7 Å². The lowest BCUT2D eigenvalue weighted by Gasteiger charge is -2.26. The van der Waals surface area contributed by atoms with Crippen LogP contribution in [0.1, 0.15) is 57.4 Å². The minimum Gasteiger partial charge on any atom is -0.481 e. The van der Waals surface area contributed by atoms with E-state index in [0.29, 0.717) is 24.9 Å². The highest BCUT2D eigenvalue weighted by molar-refractivity contribution is 8.76. The van der Waals surface area contributed by atoms with Crippen molar-refractivity contribution in [3.05, 3.63) is 35.9 Å². The first kappa shape index (κ1) is 54.7. The van der Waals surface area contributed by atoms with Gasteiger partial charge in [0.05, 0.1) is 18.7 Å². The van der Waals surface area contributed by atoms with Crippen molar-refractivity contribution in [2.75, 3.05) is 43.9 Å². The second-order valence-electron chi connectivity index (χ2n) is 15.2. The molecule has 2 saturated heterocycles. The van der Waals surface area contributed by atoms with Crippen molar-refractivity contribution in [3.63, 3.8) is 0 Å². The van der Waals surface area contributed by atoms with Gasteiger partial charge in [-0.2, -0.15) is 0 Å². The zero-order chi connectivity index (χ0) is 48.6. The van der Waals surface area contributed by atoms with Crippen molar-refractivity contribution < 1.29 is 53.1 Å². The maximum absolute atomic E-state index is 14.2. The van der Waals surface area contributed by atoms with Crippen LogP contribution < -0.4 is 58.9 Å². The molecule has 1 aromatic rings. The van der Waals surface area contributed by atoms with E-state index >= 15 is 0 Å². The van der Waals surface area contributed by atoms with Crippen LogP contribution in [0.25, 0.3) is 0 Å². The number of carbonyl (C=O) groups excluding carboxylic acids is 9. The van der Waals surface area contributed by atoms with Crippen LogP contribution in [-0.4, -0.2) is 156 Å². The Kier molecular flexibility index (Phi) is 24.2. The van der Waals surface area contributed by atoms with Crippen LogP contribution in [0.2, 0.25) is 0 Å². The van der Waals surface area contributed by atoms with Crippen LogP contribution in [0.15, 0.2) is 30.3 Å². The fourth-order valence-corrected chi connectivity index (χ4v) is 9.69. The van der Waals surface area contributed by atoms with Crippen molar-refractivity contribution in [2.24, 2.45) is 5.73 Å². The number of guanidine groups is 1. The van der Waals surface area contributed by atoms with Crippen LogP contribution in [0.5, 0.6) is 0 Å². The molecular formula is C40H60N12O11S3. The van der Waals surface area contributed by atoms with E-state index in [1.54, 1.807) is 44.3 Å². The number of benzene rings is 1. The first-order valence-corrected chi connectivity index (χ1v) is 24.8. The summed E-state index contributed by atoms with van der Waals surface area (Å²) in [6, 6.07) is 0.104. The van der Waals surface area contributed by atoms with Crippen LogP contribution in [0.4, 0.5) is 0 Å². The lowest BCUT2D eigenvalue weighted by Crippen LogP contribution is -2.59. The molecular weight excluding hydrogens is 921 g/mol. The molecule has 0 aromatic heterocycles. The van der Waals surface area contributed by atoms with Gasteiger partial charge in [-0.3, -0.25) is 53.4 Å². The highest BCUT2D eigenvalue weighted by atomic mass is 33.1. The predicted molar refractivity (Wildman–Crippen MR) is 249 cm³/mol. The Hall–Kier alpha value is -5.60. The molecule has 14 N–H and O–H groups in total. The second-order valence-corrected chi connectivity index (χ2v) is 18.8. The summed E-state index contributed by atoms with van der Waals surface area (Å²) in [6.07, 6.45) is 0.322. The molecule has 0 spiro atoms. The van der Waals surface area contributed by atoms with Gasteiger partial charge in [-0.15, -0.1) is 11.8 Å². The molecule has 2 aliphatic heterocycles. The summed E-state index contributed by atoms with van der Waals surface area (Å²) in [5.41, 5.74) is 6.00. The lowest BCUT2D eigenvalue weighted by molar-refractivity contribution is -0.141. The number of hydrogen-bond donors (Lipinski definition) is 13. The van der Waals surface area contributed by atoms with Crippen molar-refractivity contribution in [3.8, 4) is 0 Å². The summed E-state index contributed by atoms with van der Waals surface area (Å²) >= 11 is 0.790. The number of nitrogens with two attached hydrogens (primary N) is 1. The van der Waals surface area contributed by atoms with Crippen molar-refractivity contribution >= 4 is 98.3 Å². The van der Waals surface area contributed by atoms with Crippen molar-refractivity contribution in [1.29, 1.82) is 5.41 Å². The van der Waals surface area contributed by atoms with Gasteiger partial charge < -0.3 is 64.0 Å². The summed E-state index contributed by atoms with van der Waals surface area (Å²) in [5, 5.41) is 41.8. The molecule has 23 nitrogen and oxygen atoms in total. The maximum Gasteiger partial charge on any atom is 0.305 e. The monoisotopic (exact) mass is 980 g/mol. The molecule has 1 unspecified atom stereocenters. The Morgan fingerprint density at radius 2 is 1.29 bits per heavy atom. The van der Waals surface area contributed by atoms with Gasteiger partial charge in [0.25, 0.3) is 0 Å². The molecule has 364 valence electrons. The molecule has 2 heterocycles. The number of carboxylic acid groups (broad SMARTS) is 1. The third kappa shape index (κ3) is 19.9. The number of Topliss-reactive ketones (excluding diaryl/α,β-unsaturated/α-hetero) is 1. The van der Waals surface area contributed by atoms with E-state index in [-0.39, 0.29) is 61.9 Å². The number of carboxylic acids is 1. The number of amides is 8. The van der Waals surface area contributed by atoms with Crippen LogP contribution in [-0.2, 0) is 54.4 Å². The molecule has 0 radical (unpaired) electrons. The molecule has 2 aliphatic rings. The van der Waals surface area contributed by atoms with Crippen LogP contribution in [0, 0.1) is 5.41 Å². The zero-order valence-corrected chi connectivity index (χ0v) is 39.1. The molecule has 0 saturated carbocycles. The van der Waals surface area contributed by atoms with E-state index in [1.807, 2.05) is 0 Å². The zero-order valence-electron chi connectivity index (χ0n) is 36.7. The number of carbonyl (C=O) groups is 10.